The molecule has 1 fully saturated rings. The standard InChI is InChI=1S/C30H33N7O.ClH/c1-22-8-12-26(13-9-22)32-28-33-29(36-31-21-25-10-14-27(38-2)15-11-25)35-30(34-28)37-18-16-24(17-19-37)20-23-6-4-3-5-7-23;/h3-15,21,24H,16-20H2,1-2H3,(H2,32,33,34,35,36);1H/b31-21+;. The summed E-state index contributed by atoms with van der Waals surface area (Å²) in [6.07, 6.45) is 5.03. The molecular formula is C30H34ClN7O. The Kier molecular flexibility index (Phi) is 9.69. The molecule has 5 rings (SSSR count). The topological polar surface area (TPSA) is 87.6 Å². The second-order valence-corrected chi connectivity index (χ2v) is 9.54. The molecule has 9 heteroatoms. The van der Waals surface area contributed by atoms with Crippen molar-refractivity contribution in [3.05, 3.63) is 95.6 Å². The Morgan fingerprint density at radius 2 is 1.59 bits per heavy atom. The van der Waals surface area contributed by atoms with Gasteiger partial charge in [0.25, 0.3) is 0 Å². The lowest BCUT2D eigenvalue weighted by molar-refractivity contribution is 0.400. The molecule has 39 heavy (non-hydrogen) atoms. The summed E-state index contributed by atoms with van der Waals surface area (Å²) in [6, 6.07) is 26.5. The second-order valence-electron chi connectivity index (χ2n) is 9.54. The molecule has 0 aliphatic carbocycles. The fourth-order valence-electron chi connectivity index (χ4n) is 4.52. The summed E-state index contributed by atoms with van der Waals surface area (Å²) in [5, 5.41) is 7.68. The van der Waals surface area contributed by atoms with Crippen molar-refractivity contribution in [3.8, 4) is 5.75 Å². The number of hydrogen-bond acceptors (Lipinski definition) is 8. The van der Waals surface area contributed by atoms with Crippen LogP contribution in [0.3, 0.4) is 0 Å². The zero-order chi connectivity index (χ0) is 26.2. The summed E-state index contributed by atoms with van der Waals surface area (Å²) >= 11 is 0. The number of hydrogen-bond donors (Lipinski definition) is 2. The van der Waals surface area contributed by atoms with Crippen LogP contribution in [0, 0.1) is 12.8 Å². The minimum absolute atomic E-state index is 0. The Bertz CT molecular complexity index is 1340. The Morgan fingerprint density at radius 1 is 0.897 bits per heavy atom. The van der Waals surface area contributed by atoms with E-state index < -0.39 is 0 Å². The summed E-state index contributed by atoms with van der Waals surface area (Å²) in [6.45, 7) is 3.87. The normalized spacial score (nSPS) is 13.6. The number of hydrazone groups is 1. The van der Waals surface area contributed by atoms with Gasteiger partial charge in [0.05, 0.1) is 13.3 Å². The van der Waals surface area contributed by atoms with Crippen molar-refractivity contribution in [2.75, 3.05) is 35.8 Å². The van der Waals surface area contributed by atoms with Gasteiger partial charge in [-0.25, -0.2) is 5.43 Å². The largest absolute Gasteiger partial charge is 0.497 e. The van der Waals surface area contributed by atoms with Gasteiger partial charge in [-0.1, -0.05) is 48.0 Å². The summed E-state index contributed by atoms with van der Waals surface area (Å²) in [7, 11) is 1.65. The maximum absolute atomic E-state index is 5.22. The van der Waals surface area contributed by atoms with Gasteiger partial charge in [0.15, 0.2) is 0 Å². The highest BCUT2D eigenvalue weighted by Gasteiger charge is 2.22. The zero-order valence-corrected chi connectivity index (χ0v) is 23.1. The monoisotopic (exact) mass is 543 g/mol. The number of aromatic nitrogens is 3. The van der Waals surface area contributed by atoms with Crippen molar-refractivity contribution in [2.45, 2.75) is 26.2 Å². The van der Waals surface area contributed by atoms with E-state index in [0.29, 0.717) is 23.8 Å². The SMILES string of the molecule is COc1ccc(/C=N/Nc2nc(Nc3ccc(C)cc3)nc(N3CCC(Cc4ccccc4)CC3)n2)cc1.Cl. The number of aryl methyl sites for hydroxylation is 1. The number of nitrogens with zero attached hydrogens (tertiary/aromatic N) is 5. The molecule has 2 heterocycles. The van der Waals surface area contributed by atoms with Crippen LogP contribution in [0.1, 0.15) is 29.5 Å². The maximum atomic E-state index is 5.22. The molecule has 0 spiro atoms. The molecule has 1 saturated heterocycles. The number of halogens is 1. The van der Waals surface area contributed by atoms with Crippen LogP contribution in [0.2, 0.25) is 0 Å². The van der Waals surface area contributed by atoms with Gasteiger partial charge in [-0.15, -0.1) is 12.4 Å². The highest BCUT2D eigenvalue weighted by atomic mass is 35.5. The Hall–Kier alpha value is -4.17. The number of nitrogens with one attached hydrogen (secondary N) is 2. The maximum Gasteiger partial charge on any atom is 0.250 e. The zero-order valence-electron chi connectivity index (χ0n) is 22.2. The van der Waals surface area contributed by atoms with E-state index in [-0.39, 0.29) is 12.4 Å². The van der Waals surface area contributed by atoms with Crippen molar-refractivity contribution in [2.24, 2.45) is 11.0 Å². The molecule has 1 aromatic heterocycles. The predicted octanol–water partition coefficient (Wildman–Crippen LogP) is 6.26. The van der Waals surface area contributed by atoms with Crippen LogP contribution >= 0.6 is 12.4 Å². The number of ether oxygens (including phenoxy) is 1. The third-order valence-corrected chi connectivity index (χ3v) is 6.69. The Labute approximate surface area is 236 Å². The van der Waals surface area contributed by atoms with E-state index in [0.717, 1.165) is 49.4 Å². The quantitative estimate of drug-likeness (QED) is 0.190. The van der Waals surface area contributed by atoms with Gasteiger partial charge in [0.1, 0.15) is 5.75 Å². The average molecular weight is 544 g/mol. The molecule has 1 aliphatic rings. The minimum atomic E-state index is 0. The molecular weight excluding hydrogens is 510 g/mol. The molecule has 2 N–H and O–H groups in total. The van der Waals surface area contributed by atoms with Crippen molar-refractivity contribution < 1.29 is 4.74 Å². The van der Waals surface area contributed by atoms with Gasteiger partial charge < -0.3 is 15.0 Å². The summed E-state index contributed by atoms with van der Waals surface area (Å²) < 4.78 is 5.22. The van der Waals surface area contributed by atoms with Gasteiger partial charge in [-0.05, 0) is 79.6 Å². The first-order valence-corrected chi connectivity index (χ1v) is 13.0. The number of rotatable bonds is 9. The molecule has 8 nitrogen and oxygen atoms in total. The first-order chi connectivity index (χ1) is 18.6. The summed E-state index contributed by atoms with van der Waals surface area (Å²) in [5.74, 6) is 2.98. The van der Waals surface area contributed by atoms with Crippen LogP contribution in [0.4, 0.5) is 23.5 Å². The highest BCUT2D eigenvalue weighted by Crippen LogP contribution is 2.26. The molecule has 0 bridgehead atoms. The van der Waals surface area contributed by atoms with E-state index in [1.54, 1.807) is 13.3 Å². The number of anilines is 4. The molecule has 3 aromatic carbocycles. The van der Waals surface area contributed by atoms with Crippen molar-refractivity contribution in [1.82, 2.24) is 15.0 Å². The predicted molar refractivity (Wildman–Crippen MR) is 161 cm³/mol. The van der Waals surface area contributed by atoms with Crippen molar-refractivity contribution in [1.29, 1.82) is 0 Å². The molecule has 4 aromatic rings. The first-order valence-electron chi connectivity index (χ1n) is 13.0. The Morgan fingerprint density at radius 3 is 2.28 bits per heavy atom. The summed E-state index contributed by atoms with van der Waals surface area (Å²) in [4.78, 5) is 16.3. The second kappa shape index (κ2) is 13.6. The molecule has 0 saturated carbocycles. The number of methoxy groups -OCH3 is 1. The molecule has 0 unspecified atom stereocenters. The van der Waals surface area contributed by atoms with Gasteiger partial charge >= 0.3 is 0 Å². The molecule has 1 aliphatic heterocycles. The average Bonchev–Trinajstić information content (AvgIpc) is 2.95. The fraction of sp³-hybridized carbons (Fsp3) is 0.267. The van der Waals surface area contributed by atoms with Gasteiger partial charge in [0.2, 0.25) is 17.8 Å². The lowest BCUT2D eigenvalue weighted by atomic mass is 9.90. The lowest BCUT2D eigenvalue weighted by Gasteiger charge is -2.32. The molecule has 202 valence electrons. The highest BCUT2D eigenvalue weighted by molar-refractivity contribution is 5.85. The first kappa shape index (κ1) is 27.9. The van der Waals surface area contributed by atoms with Crippen LogP contribution in [0.15, 0.2) is 84.0 Å². The minimum Gasteiger partial charge on any atom is -0.497 e. The van der Waals surface area contributed by atoms with Gasteiger partial charge in [-0.3, -0.25) is 0 Å². The van der Waals surface area contributed by atoms with Crippen LogP contribution in [-0.2, 0) is 6.42 Å². The van der Waals surface area contributed by atoms with E-state index in [1.807, 2.05) is 36.4 Å². The Balaban J connectivity index is 0.00000353. The lowest BCUT2D eigenvalue weighted by Crippen LogP contribution is -2.35. The van der Waals surface area contributed by atoms with Gasteiger partial charge in [-0.2, -0.15) is 20.1 Å². The van der Waals surface area contributed by atoms with Gasteiger partial charge in [0, 0.05) is 18.8 Å². The smallest absolute Gasteiger partial charge is 0.250 e. The molecule has 0 atom stereocenters. The molecule has 0 amide bonds. The van der Waals surface area contributed by atoms with Crippen LogP contribution in [0.5, 0.6) is 5.75 Å². The van der Waals surface area contributed by atoms with E-state index in [9.17, 15) is 0 Å². The van der Waals surface area contributed by atoms with Crippen LogP contribution < -0.4 is 20.4 Å². The van der Waals surface area contributed by atoms with E-state index in [2.05, 4.69) is 75.1 Å². The van der Waals surface area contributed by atoms with Crippen molar-refractivity contribution >= 4 is 42.2 Å². The third kappa shape index (κ3) is 7.91. The third-order valence-electron chi connectivity index (χ3n) is 6.69. The van der Waals surface area contributed by atoms with Crippen LogP contribution in [0.25, 0.3) is 0 Å². The van der Waals surface area contributed by atoms with E-state index in [1.165, 1.54) is 11.1 Å². The van der Waals surface area contributed by atoms with Crippen LogP contribution in [-0.4, -0.2) is 41.4 Å². The molecule has 0 radical (unpaired) electrons. The fourth-order valence-corrected chi connectivity index (χ4v) is 4.52. The van der Waals surface area contributed by atoms with E-state index >= 15 is 0 Å². The summed E-state index contributed by atoms with van der Waals surface area (Å²) in [5.41, 5.74) is 7.44. The number of benzene rings is 3. The van der Waals surface area contributed by atoms with E-state index in [4.69, 9.17) is 14.7 Å². The van der Waals surface area contributed by atoms with Crippen molar-refractivity contribution in [3.63, 3.8) is 0 Å². The number of piperidine rings is 1.